The van der Waals surface area contributed by atoms with Crippen LogP contribution in [0.25, 0.3) is 6.08 Å². The molecule has 164 valence electrons. The van der Waals surface area contributed by atoms with Gasteiger partial charge < -0.3 is 9.47 Å². The number of ether oxygens (including phenoxy) is 2. The molecule has 0 atom stereocenters. The number of allylic oxidation sites excluding steroid dienone is 1. The van der Waals surface area contributed by atoms with Gasteiger partial charge in [-0.15, -0.1) is 0 Å². The molecule has 0 N–H and O–H groups in total. The van der Waals surface area contributed by atoms with E-state index >= 15 is 0 Å². The number of benzene rings is 2. The summed E-state index contributed by atoms with van der Waals surface area (Å²) in [5.74, 6) is 0.494. The van der Waals surface area contributed by atoms with Crippen LogP contribution in [-0.2, 0) is 6.61 Å². The monoisotopic (exact) mass is 581 g/mol. The molecule has 0 amide bonds. The summed E-state index contributed by atoms with van der Waals surface area (Å²) in [7, 11) is 1.52. The maximum atomic E-state index is 12.8. The van der Waals surface area contributed by atoms with Crippen molar-refractivity contribution in [2.45, 2.75) is 20.5 Å². The fraction of sp³-hybridized carbons (Fsp3) is 0.174. The lowest BCUT2D eigenvalue weighted by Crippen LogP contribution is -2.15. The van der Waals surface area contributed by atoms with Crippen LogP contribution in [0.1, 0.15) is 27.3 Å². The number of hydrogen-bond donors (Lipinski definition) is 0. The Morgan fingerprint density at radius 3 is 2.59 bits per heavy atom. The number of aryl methyl sites for hydroxylation is 2. The Bertz CT molecular complexity index is 1260. The van der Waals surface area contributed by atoms with Crippen LogP contribution in [0.2, 0.25) is 10.0 Å². The van der Waals surface area contributed by atoms with E-state index in [0.29, 0.717) is 38.5 Å². The number of aromatic nitrogens is 2. The zero-order chi connectivity index (χ0) is 23.4. The van der Waals surface area contributed by atoms with E-state index in [1.165, 1.54) is 17.9 Å². The van der Waals surface area contributed by atoms with Gasteiger partial charge in [0.25, 0.3) is 5.91 Å². The SMILES string of the molecule is COc1cc(/C=C(\C#N)C(=O)n2nc(C)cc2C)cc(I)c1OCc1ccc(Cl)cc1Cl. The zero-order valence-electron chi connectivity index (χ0n) is 17.4. The van der Waals surface area contributed by atoms with E-state index in [0.717, 1.165) is 9.13 Å². The second-order valence-corrected chi connectivity index (χ2v) is 8.88. The van der Waals surface area contributed by atoms with Crippen molar-refractivity contribution >= 4 is 57.8 Å². The summed E-state index contributed by atoms with van der Waals surface area (Å²) < 4.78 is 13.4. The average Bonchev–Trinajstić information content (AvgIpc) is 3.09. The summed E-state index contributed by atoms with van der Waals surface area (Å²) in [4.78, 5) is 12.8. The maximum absolute atomic E-state index is 12.8. The molecule has 0 unspecified atom stereocenters. The molecule has 0 radical (unpaired) electrons. The minimum atomic E-state index is -0.496. The van der Waals surface area contributed by atoms with Gasteiger partial charge in [-0.3, -0.25) is 4.79 Å². The second-order valence-electron chi connectivity index (χ2n) is 6.87. The van der Waals surface area contributed by atoms with Gasteiger partial charge in [0.05, 0.1) is 16.4 Å². The van der Waals surface area contributed by atoms with E-state index in [9.17, 15) is 10.1 Å². The van der Waals surface area contributed by atoms with Gasteiger partial charge in [-0.2, -0.15) is 10.4 Å². The second kappa shape index (κ2) is 10.4. The van der Waals surface area contributed by atoms with Gasteiger partial charge in [0.2, 0.25) is 0 Å². The number of nitriles is 1. The number of methoxy groups -OCH3 is 1. The van der Waals surface area contributed by atoms with Gasteiger partial charge in [0.1, 0.15) is 18.2 Å². The van der Waals surface area contributed by atoms with E-state index in [1.54, 1.807) is 50.2 Å². The molecular formula is C23H18Cl2IN3O3. The molecule has 0 bridgehead atoms. The van der Waals surface area contributed by atoms with Crippen molar-refractivity contribution in [2.75, 3.05) is 7.11 Å². The van der Waals surface area contributed by atoms with E-state index in [1.807, 2.05) is 6.07 Å². The number of carbonyl (C=O) groups excluding carboxylic acids is 1. The molecule has 32 heavy (non-hydrogen) atoms. The van der Waals surface area contributed by atoms with Crippen LogP contribution in [0.5, 0.6) is 11.5 Å². The standard InChI is InChI=1S/C23H18Cl2IN3O3/c1-13-6-14(2)29(28-13)23(30)17(11-27)7-15-8-20(26)22(21(9-15)31-3)32-12-16-4-5-18(24)10-19(16)25/h4-10H,12H2,1-3H3/b17-7+. The van der Waals surface area contributed by atoms with Gasteiger partial charge in [-0.25, -0.2) is 4.68 Å². The average molecular weight is 582 g/mol. The molecule has 0 aliphatic carbocycles. The molecule has 1 heterocycles. The van der Waals surface area contributed by atoms with Gasteiger partial charge in [-0.1, -0.05) is 29.3 Å². The molecule has 3 rings (SSSR count). The van der Waals surface area contributed by atoms with E-state index in [2.05, 4.69) is 27.7 Å². The Balaban J connectivity index is 1.90. The van der Waals surface area contributed by atoms with Crippen molar-refractivity contribution in [2.24, 2.45) is 0 Å². The van der Waals surface area contributed by atoms with Crippen LogP contribution in [0.4, 0.5) is 0 Å². The highest BCUT2D eigenvalue weighted by molar-refractivity contribution is 14.1. The third-order valence-corrected chi connectivity index (χ3v) is 5.89. The molecule has 0 fully saturated rings. The molecule has 6 nitrogen and oxygen atoms in total. The Labute approximate surface area is 209 Å². The Hall–Kier alpha value is -2.54. The molecule has 9 heteroatoms. The number of rotatable bonds is 6. The number of carbonyl (C=O) groups is 1. The third kappa shape index (κ3) is 5.44. The van der Waals surface area contributed by atoms with Crippen LogP contribution < -0.4 is 9.47 Å². The first kappa shape index (κ1) is 24.1. The summed E-state index contributed by atoms with van der Waals surface area (Å²) in [6, 6.07) is 12.4. The highest BCUT2D eigenvalue weighted by atomic mass is 127. The number of hydrogen-bond acceptors (Lipinski definition) is 5. The molecule has 0 saturated heterocycles. The van der Waals surface area contributed by atoms with Crippen molar-refractivity contribution in [3.8, 4) is 17.6 Å². The smallest absolute Gasteiger partial charge is 0.289 e. The van der Waals surface area contributed by atoms with Crippen molar-refractivity contribution in [1.82, 2.24) is 9.78 Å². The summed E-state index contributed by atoms with van der Waals surface area (Å²) in [6.07, 6.45) is 1.50. The number of halogens is 3. The van der Waals surface area contributed by atoms with Crippen LogP contribution in [-0.4, -0.2) is 22.8 Å². The normalized spacial score (nSPS) is 11.2. The van der Waals surface area contributed by atoms with Crippen molar-refractivity contribution < 1.29 is 14.3 Å². The molecule has 0 aliphatic heterocycles. The lowest BCUT2D eigenvalue weighted by atomic mass is 10.1. The predicted octanol–water partition coefficient (Wildman–Crippen LogP) is 6.25. The third-order valence-electron chi connectivity index (χ3n) is 4.50. The Kier molecular flexibility index (Phi) is 7.82. The van der Waals surface area contributed by atoms with E-state index in [4.69, 9.17) is 32.7 Å². The largest absolute Gasteiger partial charge is 0.493 e. The summed E-state index contributed by atoms with van der Waals surface area (Å²) >= 11 is 14.3. The van der Waals surface area contributed by atoms with E-state index < -0.39 is 5.91 Å². The summed E-state index contributed by atoms with van der Waals surface area (Å²) in [5, 5.41) is 14.8. The minimum absolute atomic E-state index is 0.0457. The Morgan fingerprint density at radius 1 is 1.25 bits per heavy atom. The van der Waals surface area contributed by atoms with Crippen LogP contribution in [0, 0.1) is 28.7 Å². The first-order valence-corrected chi connectivity index (χ1v) is 11.2. The Morgan fingerprint density at radius 2 is 2.00 bits per heavy atom. The predicted molar refractivity (Wildman–Crippen MR) is 132 cm³/mol. The van der Waals surface area contributed by atoms with Gasteiger partial charge in [-0.05, 0) is 78.4 Å². The molecule has 0 saturated carbocycles. The fourth-order valence-electron chi connectivity index (χ4n) is 3.01. The van der Waals surface area contributed by atoms with Crippen LogP contribution >= 0.6 is 45.8 Å². The topological polar surface area (TPSA) is 77.1 Å². The number of nitrogens with zero attached hydrogens (tertiary/aromatic N) is 3. The fourth-order valence-corrected chi connectivity index (χ4v) is 4.25. The lowest BCUT2D eigenvalue weighted by molar-refractivity contribution is 0.0943. The highest BCUT2D eigenvalue weighted by Crippen LogP contribution is 2.36. The maximum Gasteiger partial charge on any atom is 0.289 e. The molecule has 0 aliphatic rings. The summed E-state index contributed by atoms with van der Waals surface area (Å²) in [5.41, 5.74) is 2.71. The van der Waals surface area contributed by atoms with Crippen LogP contribution in [0.3, 0.4) is 0 Å². The minimum Gasteiger partial charge on any atom is -0.493 e. The van der Waals surface area contributed by atoms with Crippen molar-refractivity contribution in [3.05, 3.63) is 78.1 Å². The van der Waals surface area contributed by atoms with Gasteiger partial charge >= 0.3 is 0 Å². The molecule has 1 aromatic heterocycles. The highest BCUT2D eigenvalue weighted by Gasteiger charge is 2.17. The van der Waals surface area contributed by atoms with Crippen molar-refractivity contribution in [1.29, 1.82) is 5.26 Å². The molecule has 3 aromatic rings. The molecule has 0 spiro atoms. The molecular weight excluding hydrogens is 564 g/mol. The lowest BCUT2D eigenvalue weighted by Gasteiger charge is -2.14. The first-order valence-electron chi connectivity index (χ1n) is 9.37. The quantitative estimate of drug-likeness (QED) is 0.195. The zero-order valence-corrected chi connectivity index (χ0v) is 21.1. The molecule has 2 aromatic carbocycles. The van der Waals surface area contributed by atoms with Crippen molar-refractivity contribution in [3.63, 3.8) is 0 Å². The van der Waals surface area contributed by atoms with Gasteiger partial charge in [0, 0.05) is 21.3 Å². The van der Waals surface area contributed by atoms with Crippen LogP contribution in [0.15, 0.2) is 42.0 Å². The first-order chi connectivity index (χ1) is 15.2. The van der Waals surface area contributed by atoms with E-state index in [-0.39, 0.29) is 12.2 Å². The van der Waals surface area contributed by atoms with Gasteiger partial charge in [0.15, 0.2) is 11.5 Å². The summed E-state index contributed by atoms with van der Waals surface area (Å²) in [6.45, 7) is 3.77.